The lowest BCUT2D eigenvalue weighted by Crippen LogP contribution is -2.34. The highest BCUT2D eigenvalue weighted by Crippen LogP contribution is 2.22. The molecule has 2 heterocycles. The van der Waals surface area contributed by atoms with Gasteiger partial charge in [-0.2, -0.15) is 0 Å². The summed E-state index contributed by atoms with van der Waals surface area (Å²) in [6.45, 7) is 5.42. The Hall–Kier alpha value is -1.36. The van der Waals surface area contributed by atoms with Crippen molar-refractivity contribution >= 4 is 23.2 Å². The predicted molar refractivity (Wildman–Crippen MR) is 66.8 cm³/mol. The lowest BCUT2D eigenvalue weighted by atomic mass is 10.2. The molecule has 1 N–H and O–H groups in total. The molecule has 4 nitrogen and oxygen atoms in total. The predicted octanol–water partition coefficient (Wildman–Crippen LogP) is 1.21. The van der Waals surface area contributed by atoms with Gasteiger partial charge in [-0.3, -0.25) is 9.59 Å². The van der Waals surface area contributed by atoms with Gasteiger partial charge in [-0.15, -0.1) is 11.3 Å². The summed E-state index contributed by atoms with van der Waals surface area (Å²) in [5, 5.41) is 2.60. The fourth-order valence-corrected chi connectivity index (χ4v) is 2.89. The minimum atomic E-state index is -0.0422. The second-order valence-corrected chi connectivity index (χ2v) is 5.63. The molecule has 0 radical (unpaired) electrons. The molecule has 1 saturated heterocycles. The van der Waals surface area contributed by atoms with Crippen LogP contribution in [0.25, 0.3) is 0 Å². The Morgan fingerprint density at radius 2 is 2.18 bits per heavy atom. The molecular weight excluding hydrogens is 236 g/mol. The Balaban J connectivity index is 2.06. The van der Waals surface area contributed by atoms with Crippen LogP contribution < -0.4 is 5.32 Å². The zero-order chi connectivity index (χ0) is 12.4. The number of aryl methyl sites for hydroxylation is 2. The number of hydrogen-bond donors (Lipinski definition) is 1. The van der Waals surface area contributed by atoms with Crippen molar-refractivity contribution in [2.45, 2.75) is 26.8 Å². The van der Waals surface area contributed by atoms with Crippen LogP contribution in [-0.2, 0) is 16.1 Å². The van der Waals surface area contributed by atoms with Crippen LogP contribution >= 0.6 is 11.3 Å². The highest BCUT2D eigenvalue weighted by molar-refractivity contribution is 7.12. The van der Waals surface area contributed by atoms with E-state index in [0.29, 0.717) is 19.5 Å². The van der Waals surface area contributed by atoms with E-state index < -0.39 is 0 Å². The van der Waals surface area contributed by atoms with Gasteiger partial charge in [0.2, 0.25) is 11.8 Å². The summed E-state index contributed by atoms with van der Waals surface area (Å²) in [5.74, 6) is -0.0426. The van der Waals surface area contributed by atoms with Crippen LogP contribution in [0.2, 0.25) is 0 Å². The lowest BCUT2D eigenvalue weighted by Gasteiger charge is -2.18. The summed E-state index contributed by atoms with van der Waals surface area (Å²) < 4.78 is 0. The number of nitrogens with one attached hydrogen (secondary N) is 1. The van der Waals surface area contributed by atoms with Crippen LogP contribution in [0.15, 0.2) is 6.07 Å². The SMILES string of the molecule is Cc1cc(CN2CCC(=O)NCC2=O)sc1C. The average Bonchev–Trinajstić information content (AvgIpc) is 2.51. The first-order valence-electron chi connectivity index (χ1n) is 5.66. The van der Waals surface area contributed by atoms with Crippen LogP contribution in [0.5, 0.6) is 0 Å². The van der Waals surface area contributed by atoms with Gasteiger partial charge < -0.3 is 10.2 Å². The second-order valence-electron chi connectivity index (χ2n) is 4.29. The molecule has 92 valence electrons. The van der Waals surface area contributed by atoms with Crippen LogP contribution in [0.1, 0.15) is 21.7 Å². The number of carbonyl (C=O) groups is 2. The number of hydrogen-bond acceptors (Lipinski definition) is 3. The van der Waals surface area contributed by atoms with E-state index in [9.17, 15) is 9.59 Å². The van der Waals surface area contributed by atoms with E-state index in [2.05, 4.69) is 25.2 Å². The average molecular weight is 252 g/mol. The normalized spacial score (nSPS) is 16.9. The van der Waals surface area contributed by atoms with Gasteiger partial charge in [0, 0.05) is 22.7 Å². The minimum absolute atomic E-state index is 0.000411. The molecule has 0 bridgehead atoms. The van der Waals surface area contributed by atoms with E-state index in [4.69, 9.17) is 0 Å². The fourth-order valence-electron chi connectivity index (χ4n) is 1.82. The highest BCUT2D eigenvalue weighted by atomic mass is 32.1. The van der Waals surface area contributed by atoms with Crippen molar-refractivity contribution < 1.29 is 9.59 Å². The number of amides is 2. The van der Waals surface area contributed by atoms with Crippen molar-refractivity contribution in [2.24, 2.45) is 0 Å². The molecule has 1 aromatic heterocycles. The zero-order valence-corrected chi connectivity index (χ0v) is 10.9. The maximum absolute atomic E-state index is 11.8. The molecule has 17 heavy (non-hydrogen) atoms. The number of nitrogens with zero attached hydrogens (tertiary/aromatic N) is 1. The summed E-state index contributed by atoms with van der Waals surface area (Å²) in [7, 11) is 0. The monoisotopic (exact) mass is 252 g/mol. The second kappa shape index (κ2) is 4.87. The summed E-state index contributed by atoms with van der Waals surface area (Å²) in [5.41, 5.74) is 1.27. The summed E-state index contributed by atoms with van der Waals surface area (Å²) in [4.78, 5) is 27.2. The Morgan fingerprint density at radius 1 is 1.41 bits per heavy atom. The maximum Gasteiger partial charge on any atom is 0.242 e. The minimum Gasteiger partial charge on any atom is -0.347 e. The van der Waals surface area contributed by atoms with Gasteiger partial charge in [-0.25, -0.2) is 0 Å². The molecule has 1 fully saturated rings. The summed E-state index contributed by atoms with van der Waals surface area (Å²) in [6, 6.07) is 2.12. The third-order valence-electron chi connectivity index (χ3n) is 2.96. The molecule has 0 unspecified atom stereocenters. The Bertz CT molecular complexity index is 434. The number of carbonyl (C=O) groups excluding carboxylic acids is 2. The molecule has 2 amide bonds. The van der Waals surface area contributed by atoms with E-state index in [1.807, 2.05) is 0 Å². The molecule has 0 atom stereocenters. The number of thiophene rings is 1. The lowest BCUT2D eigenvalue weighted by molar-refractivity contribution is -0.130. The molecule has 0 spiro atoms. The number of rotatable bonds is 2. The summed E-state index contributed by atoms with van der Waals surface area (Å²) in [6.07, 6.45) is 0.398. The summed E-state index contributed by atoms with van der Waals surface area (Å²) >= 11 is 1.72. The third kappa shape index (κ3) is 2.85. The zero-order valence-electron chi connectivity index (χ0n) is 10.1. The highest BCUT2D eigenvalue weighted by Gasteiger charge is 2.20. The third-order valence-corrected chi connectivity index (χ3v) is 4.10. The largest absolute Gasteiger partial charge is 0.347 e. The standard InChI is InChI=1S/C12H16N2O2S/c1-8-5-10(17-9(8)2)7-14-4-3-11(15)13-6-12(14)16/h5H,3-4,6-7H2,1-2H3,(H,13,15). The molecule has 1 aliphatic rings. The first kappa shape index (κ1) is 12.1. The van der Waals surface area contributed by atoms with Crippen molar-refractivity contribution in [3.63, 3.8) is 0 Å². The van der Waals surface area contributed by atoms with Gasteiger partial charge in [0.25, 0.3) is 0 Å². The van der Waals surface area contributed by atoms with E-state index >= 15 is 0 Å². The molecule has 2 rings (SSSR count). The van der Waals surface area contributed by atoms with Crippen LogP contribution in [-0.4, -0.2) is 29.8 Å². The Morgan fingerprint density at radius 3 is 2.82 bits per heavy atom. The molecule has 0 saturated carbocycles. The van der Waals surface area contributed by atoms with E-state index in [-0.39, 0.29) is 18.4 Å². The molecule has 0 aliphatic carbocycles. The van der Waals surface area contributed by atoms with Crippen molar-refractivity contribution in [2.75, 3.05) is 13.1 Å². The molecule has 5 heteroatoms. The quantitative estimate of drug-likeness (QED) is 0.860. The van der Waals surface area contributed by atoms with Gasteiger partial charge in [0.1, 0.15) is 0 Å². The van der Waals surface area contributed by atoms with E-state index in [1.165, 1.54) is 15.3 Å². The molecule has 1 aromatic rings. The van der Waals surface area contributed by atoms with E-state index in [1.54, 1.807) is 16.2 Å². The van der Waals surface area contributed by atoms with Crippen molar-refractivity contribution in [1.82, 2.24) is 10.2 Å². The van der Waals surface area contributed by atoms with Gasteiger partial charge >= 0.3 is 0 Å². The Kier molecular flexibility index (Phi) is 3.47. The van der Waals surface area contributed by atoms with E-state index in [0.717, 1.165) is 0 Å². The maximum atomic E-state index is 11.8. The molecule has 1 aliphatic heterocycles. The molecule has 0 aromatic carbocycles. The first-order valence-corrected chi connectivity index (χ1v) is 6.48. The van der Waals surface area contributed by atoms with Gasteiger partial charge in [-0.1, -0.05) is 0 Å². The van der Waals surface area contributed by atoms with Crippen LogP contribution in [0.4, 0.5) is 0 Å². The van der Waals surface area contributed by atoms with Crippen molar-refractivity contribution in [3.05, 3.63) is 21.4 Å². The van der Waals surface area contributed by atoms with Gasteiger partial charge in [0.05, 0.1) is 13.1 Å². The van der Waals surface area contributed by atoms with Gasteiger partial charge in [-0.05, 0) is 25.5 Å². The van der Waals surface area contributed by atoms with Crippen LogP contribution in [0.3, 0.4) is 0 Å². The van der Waals surface area contributed by atoms with Crippen LogP contribution in [0, 0.1) is 13.8 Å². The molecular formula is C12H16N2O2S. The van der Waals surface area contributed by atoms with Crippen molar-refractivity contribution in [1.29, 1.82) is 0 Å². The van der Waals surface area contributed by atoms with Crippen molar-refractivity contribution in [3.8, 4) is 0 Å². The Labute approximate surface area is 105 Å². The smallest absolute Gasteiger partial charge is 0.242 e. The fraction of sp³-hybridized carbons (Fsp3) is 0.500. The first-order chi connectivity index (χ1) is 8.06. The topological polar surface area (TPSA) is 49.4 Å². The van der Waals surface area contributed by atoms with Gasteiger partial charge in [0.15, 0.2) is 0 Å².